The summed E-state index contributed by atoms with van der Waals surface area (Å²) in [7, 11) is 1.96. The molecule has 0 spiro atoms. The van der Waals surface area contributed by atoms with Crippen LogP contribution in [0.1, 0.15) is 24.3 Å². The lowest BCUT2D eigenvalue weighted by Gasteiger charge is -2.23. The minimum atomic E-state index is 0.372. The maximum Gasteiger partial charge on any atom is 0.0440 e. The van der Waals surface area contributed by atoms with Gasteiger partial charge < -0.3 is 26.7 Å². The number of hydrogen-bond acceptors (Lipinski definition) is 4. The van der Waals surface area contributed by atoms with Gasteiger partial charge in [0.15, 0.2) is 0 Å². The molecular formula is C20H27N5. The molecule has 1 aromatic heterocycles. The Kier molecular flexibility index (Phi) is 4.51. The Morgan fingerprint density at radius 1 is 1.28 bits per heavy atom. The Labute approximate surface area is 148 Å². The van der Waals surface area contributed by atoms with Crippen molar-refractivity contribution >= 4 is 16.5 Å². The Hall–Kier alpha value is -2.24. The van der Waals surface area contributed by atoms with Crippen molar-refractivity contribution in [2.75, 3.05) is 32.0 Å². The van der Waals surface area contributed by atoms with Crippen molar-refractivity contribution < 1.29 is 0 Å². The molecule has 0 radical (unpaired) electrons. The fraction of sp³-hybridized carbons (Fsp3) is 0.400. The van der Waals surface area contributed by atoms with E-state index < -0.39 is 0 Å². The molecule has 1 aromatic carbocycles. The molecule has 5 nitrogen and oxygen atoms in total. The number of H-pyrrole nitrogens is 1. The zero-order valence-electron chi connectivity index (χ0n) is 14.7. The molecule has 0 bridgehead atoms. The molecule has 1 aliphatic carbocycles. The van der Waals surface area contributed by atoms with Crippen LogP contribution in [-0.4, -0.2) is 37.7 Å². The second-order valence-electron chi connectivity index (χ2n) is 6.97. The highest BCUT2D eigenvalue weighted by molar-refractivity contribution is 5.94. The topological polar surface area (TPSA) is 77.9 Å². The summed E-state index contributed by atoms with van der Waals surface area (Å²) in [4.78, 5) is 3.26. The predicted octanol–water partition coefficient (Wildman–Crippen LogP) is 2.42. The third-order valence-electron chi connectivity index (χ3n) is 5.36. The van der Waals surface area contributed by atoms with Gasteiger partial charge in [0.1, 0.15) is 0 Å². The minimum Gasteiger partial charge on any atom is -0.388 e. The number of rotatable bonds is 5. The number of anilines is 1. The normalized spacial score (nSPS) is 23.4. The number of aromatic nitrogens is 1. The molecule has 0 saturated carbocycles. The lowest BCUT2D eigenvalue weighted by atomic mass is 9.87. The average Bonchev–Trinajstić information content (AvgIpc) is 3.32. The highest BCUT2D eigenvalue weighted by Crippen LogP contribution is 2.35. The lowest BCUT2D eigenvalue weighted by Crippen LogP contribution is -2.22. The first-order valence-corrected chi connectivity index (χ1v) is 9.15. The number of nitrogens with one attached hydrogen (secondary N) is 4. The molecule has 5 heteroatoms. The van der Waals surface area contributed by atoms with Gasteiger partial charge in [-0.15, -0.1) is 0 Å². The van der Waals surface area contributed by atoms with Crippen LogP contribution in [0, 0.1) is 0 Å². The zero-order chi connectivity index (χ0) is 17.2. The molecule has 4 rings (SSSR count). The van der Waals surface area contributed by atoms with E-state index in [9.17, 15) is 0 Å². The number of fused-ring (bicyclic) bond motifs is 1. The highest BCUT2D eigenvalue weighted by Gasteiger charge is 2.19. The van der Waals surface area contributed by atoms with Crippen molar-refractivity contribution in [3.8, 4) is 0 Å². The Morgan fingerprint density at radius 3 is 2.96 bits per heavy atom. The Bertz CT molecular complexity index is 811. The van der Waals surface area contributed by atoms with Crippen LogP contribution in [0.5, 0.6) is 0 Å². The van der Waals surface area contributed by atoms with E-state index in [0.29, 0.717) is 18.5 Å². The number of benzene rings is 1. The second kappa shape index (κ2) is 6.94. The number of aromatic amines is 1. The molecule has 6 N–H and O–H groups in total. The summed E-state index contributed by atoms with van der Waals surface area (Å²) in [6, 6.07) is 5.13. The fourth-order valence-corrected chi connectivity index (χ4v) is 3.97. The van der Waals surface area contributed by atoms with Gasteiger partial charge in [0.2, 0.25) is 0 Å². The van der Waals surface area contributed by atoms with E-state index in [1.165, 1.54) is 34.0 Å². The van der Waals surface area contributed by atoms with Crippen LogP contribution >= 0.6 is 0 Å². The zero-order valence-corrected chi connectivity index (χ0v) is 14.7. The molecule has 2 aromatic rings. The van der Waals surface area contributed by atoms with Gasteiger partial charge in [0.05, 0.1) is 0 Å². The van der Waals surface area contributed by atoms with Crippen molar-refractivity contribution in [1.29, 1.82) is 0 Å². The lowest BCUT2D eigenvalue weighted by molar-refractivity contribution is 0.788. The summed E-state index contributed by atoms with van der Waals surface area (Å²) in [6.45, 7) is 2.69. The fourth-order valence-electron chi connectivity index (χ4n) is 3.97. The van der Waals surface area contributed by atoms with E-state index in [1.807, 2.05) is 7.05 Å². The number of hydrogen-bond donors (Lipinski definition) is 5. The maximum atomic E-state index is 5.95. The number of nitrogens with two attached hydrogens (primary N) is 1. The third-order valence-corrected chi connectivity index (χ3v) is 5.36. The van der Waals surface area contributed by atoms with Gasteiger partial charge in [0, 0.05) is 66.6 Å². The molecule has 1 fully saturated rings. The molecule has 0 amide bonds. The first-order valence-electron chi connectivity index (χ1n) is 9.15. The van der Waals surface area contributed by atoms with Crippen molar-refractivity contribution in [3.63, 3.8) is 0 Å². The van der Waals surface area contributed by atoms with Crippen molar-refractivity contribution in [2.45, 2.75) is 24.8 Å². The second-order valence-corrected chi connectivity index (χ2v) is 6.97. The summed E-state index contributed by atoms with van der Waals surface area (Å²) >= 11 is 0. The Balaban J connectivity index is 1.68. The molecular weight excluding hydrogens is 310 g/mol. The molecule has 2 atom stereocenters. The molecule has 2 unspecified atom stereocenters. The Morgan fingerprint density at radius 2 is 2.20 bits per heavy atom. The minimum absolute atomic E-state index is 0.372. The van der Waals surface area contributed by atoms with E-state index in [0.717, 1.165) is 25.2 Å². The van der Waals surface area contributed by atoms with E-state index in [4.69, 9.17) is 5.73 Å². The van der Waals surface area contributed by atoms with Crippen LogP contribution in [0.2, 0.25) is 0 Å². The number of allylic oxidation sites excluding steroid dienone is 2. The van der Waals surface area contributed by atoms with Crippen molar-refractivity contribution in [2.24, 2.45) is 5.73 Å². The third kappa shape index (κ3) is 3.17. The monoisotopic (exact) mass is 337 g/mol. The van der Waals surface area contributed by atoms with Gasteiger partial charge in [-0.05, 0) is 42.7 Å². The van der Waals surface area contributed by atoms with E-state index in [-0.39, 0.29) is 0 Å². The molecule has 25 heavy (non-hydrogen) atoms. The molecule has 1 aliphatic heterocycles. The van der Waals surface area contributed by atoms with Gasteiger partial charge in [-0.1, -0.05) is 12.2 Å². The van der Waals surface area contributed by atoms with Crippen LogP contribution in [0.25, 0.3) is 10.8 Å². The molecule has 1 saturated heterocycles. The molecule has 2 heterocycles. The molecule has 132 valence electrons. The van der Waals surface area contributed by atoms with Crippen LogP contribution < -0.4 is 21.7 Å². The average molecular weight is 337 g/mol. The standard InChI is InChI=1S/C20H27N5/c1-22-19-3-2-13(6-15(19)9-21)14-7-16-10-24-12-18(16)20(8-14)25-17-4-5-23-11-17/h3,6-8,10,12-13,17,22-25H,2,4-5,9,11,21H2,1H3. The van der Waals surface area contributed by atoms with E-state index >= 15 is 0 Å². The quantitative estimate of drug-likeness (QED) is 0.581. The van der Waals surface area contributed by atoms with Gasteiger partial charge in [-0.3, -0.25) is 0 Å². The van der Waals surface area contributed by atoms with E-state index in [1.54, 1.807) is 0 Å². The first kappa shape index (κ1) is 16.2. The van der Waals surface area contributed by atoms with Crippen LogP contribution in [0.3, 0.4) is 0 Å². The predicted molar refractivity (Wildman–Crippen MR) is 105 cm³/mol. The molecule has 2 aliphatic rings. The van der Waals surface area contributed by atoms with E-state index in [2.05, 4.69) is 57.6 Å². The van der Waals surface area contributed by atoms with Gasteiger partial charge in [-0.2, -0.15) is 0 Å². The summed E-state index contributed by atoms with van der Waals surface area (Å²) in [5.74, 6) is 0.372. The largest absolute Gasteiger partial charge is 0.388 e. The SMILES string of the molecule is CNC1=CCC(c2cc(NC3CCNC3)c3c[nH]cc3c2)C=C1CN. The van der Waals surface area contributed by atoms with Gasteiger partial charge in [0.25, 0.3) is 0 Å². The summed E-state index contributed by atoms with van der Waals surface area (Å²) in [5, 5.41) is 12.9. The summed E-state index contributed by atoms with van der Waals surface area (Å²) < 4.78 is 0. The smallest absolute Gasteiger partial charge is 0.0440 e. The summed E-state index contributed by atoms with van der Waals surface area (Å²) in [5.41, 5.74) is 10.9. The van der Waals surface area contributed by atoms with Crippen LogP contribution in [0.15, 0.2) is 47.9 Å². The van der Waals surface area contributed by atoms with Gasteiger partial charge in [-0.25, -0.2) is 0 Å². The van der Waals surface area contributed by atoms with Gasteiger partial charge >= 0.3 is 0 Å². The maximum absolute atomic E-state index is 5.95. The number of likely N-dealkylation sites (N-methyl/N-ethyl adjacent to an activating group) is 1. The van der Waals surface area contributed by atoms with Crippen LogP contribution in [-0.2, 0) is 0 Å². The summed E-state index contributed by atoms with van der Waals surface area (Å²) in [6.07, 6.45) is 10.9. The van der Waals surface area contributed by atoms with Crippen LogP contribution in [0.4, 0.5) is 5.69 Å². The highest BCUT2D eigenvalue weighted by atomic mass is 15.0. The van der Waals surface area contributed by atoms with Crippen molar-refractivity contribution in [1.82, 2.24) is 15.6 Å². The first-order chi connectivity index (χ1) is 12.3. The van der Waals surface area contributed by atoms with Crippen molar-refractivity contribution in [3.05, 3.63) is 53.5 Å².